The molecule has 0 radical (unpaired) electrons. The van der Waals surface area contributed by atoms with Gasteiger partial charge in [-0.25, -0.2) is 0 Å². The fraction of sp³-hybridized carbons (Fsp3) is 0.323. The van der Waals surface area contributed by atoms with E-state index in [4.69, 9.17) is 0 Å². The Kier molecular flexibility index (Phi) is 9.53. The molecule has 0 aromatic heterocycles. The van der Waals surface area contributed by atoms with E-state index in [1.165, 1.54) is 115 Å². The zero-order valence-corrected chi connectivity index (χ0v) is 41.2. The lowest BCUT2D eigenvalue weighted by Crippen LogP contribution is -2.67. The Hall–Kier alpha value is -6.00. The number of anilines is 8. The second kappa shape index (κ2) is 14.8. The maximum Gasteiger partial charge on any atom is 0.252 e. The molecule has 7 aromatic rings. The molecule has 1 aliphatic carbocycles. The van der Waals surface area contributed by atoms with Crippen molar-refractivity contribution in [2.75, 3.05) is 14.7 Å². The Morgan fingerprint density at radius 3 is 1.79 bits per heavy atom. The highest BCUT2D eigenvalue weighted by atomic mass is 15.2. The van der Waals surface area contributed by atoms with Crippen LogP contribution in [0.1, 0.15) is 117 Å². The van der Waals surface area contributed by atoms with Gasteiger partial charge in [0, 0.05) is 56.3 Å². The molecule has 3 aliphatic heterocycles. The third kappa shape index (κ3) is 6.15. The quantitative estimate of drug-likeness (QED) is 0.163. The van der Waals surface area contributed by atoms with Gasteiger partial charge >= 0.3 is 0 Å². The van der Waals surface area contributed by atoms with Crippen molar-refractivity contribution in [3.63, 3.8) is 0 Å². The smallest absolute Gasteiger partial charge is 0.252 e. The lowest BCUT2D eigenvalue weighted by atomic mass is 9.33. The van der Waals surface area contributed by atoms with Crippen LogP contribution in [0.4, 0.5) is 45.5 Å². The molecule has 4 heteroatoms. The van der Waals surface area contributed by atoms with Gasteiger partial charge in [-0.15, -0.1) is 0 Å². The SMILES string of the molecule is Cc1cc2c3c(c1)N(c1ccc(C(C)(C)C)cc1-c1ccccc1)c1ccccc1B3c1ccc(N3c4ccccc4C(C)(C)C4(C)CCCCC34C)cc1N2c1ccc(C(C)(C)C)cc1. The monoisotopic (exact) mass is 864 g/mol. The van der Waals surface area contributed by atoms with Crippen LogP contribution in [0.3, 0.4) is 0 Å². The summed E-state index contributed by atoms with van der Waals surface area (Å²) in [5.74, 6) is 0. The molecule has 3 heterocycles. The second-order valence-electron chi connectivity index (χ2n) is 23.1. The van der Waals surface area contributed by atoms with Crippen LogP contribution in [0, 0.1) is 12.3 Å². The van der Waals surface area contributed by atoms with Crippen LogP contribution in [-0.4, -0.2) is 12.3 Å². The third-order valence-corrected chi connectivity index (χ3v) is 17.0. The average molecular weight is 864 g/mol. The molecule has 4 aliphatic rings. The number of benzene rings is 7. The molecule has 2 unspecified atom stereocenters. The predicted molar refractivity (Wildman–Crippen MR) is 285 cm³/mol. The molecule has 7 aromatic carbocycles. The van der Waals surface area contributed by atoms with Gasteiger partial charge in [-0.3, -0.25) is 0 Å². The number of aryl methyl sites for hydroxylation is 1. The van der Waals surface area contributed by atoms with E-state index in [0.29, 0.717) is 0 Å². The van der Waals surface area contributed by atoms with Gasteiger partial charge < -0.3 is 14.7 Å². The van der Waals surface area contributed by atoms with Gasteiger partial charge in [0.15, 0.2) is 0 Å². The maximum absolute atomic E-state index is 2.79. The van der Waals surface area contributed by atoms with Crippen LogP contribution >= 0.6 is 0 Å². The molecule has 332 valence electrons. The summed E-state index contributed by atoms with van der Waals surface area (Å²) in [6, 6.07) is 58.7. The van der Waals surface area contributed by atoms with Gasteiger partial charge in [-0.05, 0) is 148 Å². The zero-order chi connectivity index (χ0) is 46.1. The van der Waals surface area contributed by atoms with Crippen LogP contribution < -0.4 is 31.1 Å². The third-order valence-electron chi connectivity index (χ3n) is 17.0. The molecular formula is C62H66BN3. The fourth-order valence-electron chi connectivity index (χ4n) is 12.9. The first kappa shape index (κ1) is 42.6. The summed E-state index contributed by atoms with van der Waals surface area (Å²) in [4.78, 5) is 7.99. The second-order valence-corrected chi connectivity index (χ2v) is 23.1. The Balaban J connectivity index is 1.19. The normalized spacial score (nSPS) is 20.5. The molecule has 0 amide bonds. The number of hydrogen-bond acceptors (Lipinski definition) is 3. The topological polar surface area (TPSA) is 9.72 Å². The van der Waals surface area contributed by atoms with Crippen molar-refractivity contribution in [3.05, 3.63) is 174 Å². The number of nitrogens with zero attached hydrogens (tertiary/aromatic N) is 3. The van der Waals surface area contributed by atoms with Crippen LogP contribution in [0.15, 0.2) is 152 Å². The minimum atomic E-state index is -0.0796. The molecule has 1 saturated carbocycles. The molecule has 0 N–H and O–H groups in total. The summed E-state index contributed by atoms with van der Waals surface area (Å²) >= 11 is 0. The molecule has 3 nitrogen and oxygen atoms in total. The number of hydrogen-bond donors (Lipinski definition) is 0. The number of para-hydroxylation sites is 2. The summed E-state index contributed by atoms with van der Waals surface area (Å²) < 4.78 is 0. The largest absolute Gasteiger partial charge is 0.335 e. The molecular weight excluding hydrogens is 798 g/mol. The highest BCUT2D eigenvalue weighted by molar-refractivity contribution is 7.00. The highest BCUT2D eigenvalue weighted by Crippen LogP contribution is 2.65. The fourth-order valence-corrected chi connectivity index (χ4v) is 12.9. The van der Waals surface area contributed by atoms with Gasteiger partial charge in [-0.1, -0.05) is 166 Å². The Bertz CT molecular complexity index is 3040. The molecule has 2 atom stereocenters. The Morgan fingerprint density at radius 2 is 1.08 bits per heavy atom. The van der Waals surface area contributed by atoms with Crippen molar-refractivity contribution in [2.24, 2.45) is 5.41 Å². The average Bonchev–Trinajstić information content (AvgIpc) is 3.29. The van der Waals surface area contributed by atoms with E-state index in [1.54, 1.807) is 0 Å². The van der Waals surface area contributed by atoms with Crippen molar-refractivity contribution in [3.8, 4) is 11.1 Å². The van der Waals surface area contributed by atoms with Crippen molar-refractivity contribution in [2.45, 2.75) is 124 Å². The first-order valence-corrected chi connectivity index (χ1v) is 24.6. The molecule has 0 saturated heterocycles. The van der Waals surface area contributed by atoms with E-state index in [1.807, 2.05) is 0 Å². The Morgan fingerprint density at radius 1 is 0.485 bits per heavy atom. The number of fused-ring (bicyclic) bond motifs is 6. The van der Waals surface area contributed by atoms with Crippen LogP contribution in [0.5, 0.6) is 0 Å². The molecule has 11 rings (SSSR count). The van der Waals surface area contributed by atoms with Gasteiger partial charge in [0.1, 0.15) is 0 Å². The summed E-state index contributed by atoms with van der Waals surface area (Å²) in [6.45, 7) is 26.4. The van der Waals surface area contributed by atoms with Gasteiger partial charge in [0.2, 0.25) is 0 Å². The summed E-state index contributed by atoms with van der Waals surface area (Å²) in [5, 5.41) is 0. The molecule has 0 spiro atoms. The van der Waals surface area contributed by atoms with E-state index in [0.717, 1.165) is 6.42 Å². The van der Waals surface area contributed by atoms with E-state index >= 15 is 0 Å². The Labute approximate surface area is 395 Å². The van der Waals surface area contributed by atoms with Crippen molar-refractivity contribution in [1.29, 1.82) is 0 Å². The zero-order valence-electron chi connectivity index (χ0n) is 41.2. The first-order valence-electron chi connectivity index (χ1n) is 24.6. The summed E-state index contributed by atoms with van der Waals surface area (Å²) in [7, 11) is 0. The van der Waals surface area contributed by atoms with E-state index in [2.05, 4.69) is 243 Å². The molecule has 66 heavy (non-hydrogen) atoms. The summed E-state index contributed by atoms with van der Waals surface area (Å²) in [6.07, 6.45) is 4.90. The van der Waals surface area contributed by atoms with Gasteiger partial charge in [-0.2, -0.15) is 0 Å². The van der Waals surface area contributed by atoms with Crippen LogP contribution in [0.25, 0.3) is 11.1 Å². The highest BCUT2D eigenvalue weighted by Gasteiger charge is 2.62. The van der Waals surface area contributed by atoms with E-state index in [-0.39, 0.29) is 33.9 Å². The predicted octanol–water partition coefficient (Wildman–Crippen LogP) is 15.1. The van der Waals surface area contributed by atoms with E-state index in [9.17, 15) is 0 Å². The lowest BCUT2D eigenvalue weighted by Gasteiger charge is -2.66. The summed E-state index contributed by atoms with van der Waals surface area (Å²) in [5.41, 5.74) is 21.9. The van der Waals surface area contributed by atoms with Crippen molar-refractivity contribution >= 4 is 68.6 Å². The minimum absolute atomic E-state index is 0.000570. The molecule has 1 fully saturated rings. The minimum Gasteiger partial charge on any atom is -0.335 e. The standard InChI is InChI=1S/C62H66BN3/c1-41-37-55-57-56(38-41)65(51-34-29-44(59(5,6)7)39-47(51)42-21-13-12-14-22-42)53-26-18-16-24-49(53)63(57)50-33-32-46(40-54(50)64(55)45-30-27-43(28-31-45)58(2,3)4)66-52-25-17-15-23-48(52)60(8,9)61(10)35-19-20-36-62(61,66)11/h12-18,21-34,37-40H,19-20,35-36H2,1-11H3. The van der Waals surface area contributed by atoms with Crippen molar-refractivity contribution < 1.29 is 0 Å². The number of rotatable bonds is 4. The first-order chi connectivity index (χ1) is 31.4. The maximum atomic E-state index is 2.79. The van der Waals surface area contributed by atoms with Crippen LogP contribution in [-0.2, 0) is 16.2 Å². The van der Waals surface area contributed by atoms with Crippen molar-refractivity contribution in [1.82, 2.24) is 0 Å². The molecule has 0 bridgehead atoms. The van der Waals surface area contributed by atoms with Crippen LogP contribution in [0.2, 0.25) is 0 Å². The lowest BCUT2D eigenvalue weighted by molar-refractivity contribution is 0.0106. The van der Waals surface area contributed by atoms with Gasteiger partial charge in [0.25, 0.3) is 6.71 Å². The van der Waals surface area contributed by atoms with E-state index < -0.39 is 0 Å². The van der Waals surface area contributed by atoms with Gasteiger partial charge in [0.05, 0.1) is 5.69 Å².